The molecule has 2 aliphatic rings. The maximum absolute atomic E-state index is 11.7. The van der Waals surface area contributed by atoms with Crippen LogP contribution < -0.4 is 5.32 Å². The van der Waals surface area contributed by atoms with Crippen LogP contribution in [0.2, 0.25) is 0 Å². The number of carbonyl (C=O) groups is 1. The molecule has 128 valence electrons. The number of hydrogen-bond acceptors (Lipinski definition) is 6. The van der Waals surface area contributed by atoms with Crippen LogP contribution in [0.25, 0.3) is 0 Å². The Bertz CT molecular complexity index is 510. The van der Waals surface area contributed by atoms with Gasteiger partial charge < -0.3 is 10.1 Å². The lowest BCUT2D eigenvalue weighted by atomic mass is 9.80. The molecule has 2 fully saturated rings. The fourth-order valence-corrected chi connectivity index (χ4v) is 4.37. The van der Waals surface area contributed by atoms with Gasteiger partial charge in [0.05, 0.1) is 26.3 Å². The van der Waals surface area contributed by atoms with Gasteiger partial charge in [0.1, 0.15) is 5.01 Å². The summed E-state index contributed by atoms with van der Waals surface area (Å²) in [5, 5.41) is 5.94. The number of rotatable bonds is 4. The fraction of sp³-hybridized carbons (Fsp3) is 0.750. The van der Waals surface area contributed by atoms with Crippen molar-refractivity contribution in [3.63, 3.8) is 0 Å². The molecule has 0 saturated carbocycles. The van der Waals surface area contributed by atoms with Crippen LogP contribution in [0, 0.1) is 5.41 Å². The van der Waals surface area contributed by atoms with Crippen molar-refractivity contribution in [1.29, 1.82) is 0 Å². The van der Waals surface area contributed by atoms with Crippen LogP contribution in [-0.2, 0) is 16.1 Å². The molecule has 1 aromatic heterocycles. The molecule has 3 rings (SSSR count). The number of ether oxygens (including phenoxy) is 1. The van der Waals surface area contributed by atoms with Crippen LogP contribution in [0.15, 0.2) is 11.6 Å². The monoisotopic (exact) mass is 338 g/mol. The average molecular weight is 338 g/mol. The first-order chi connectivity index (χ1) is 11.2. The lowest BCUT2D eigenvalue weighted by Gasteiger charge is -2.43. The molecular formula is C16H26N4O2S. The molecule has 0 radical (unpaired) electrons. The van der Waals surface area contributed by atoms with Crippen molar-refractivity contribution in [3.8, 4) is 0 Å². The number of likely N-dealkylation sites (tertiary alicyclic amines) is 1. The van der Waals surface area contributed by atoms with Crippen LogP contribution in [-0.4, -0.2) is 73.7 Å². The molecule has 1 atom stereocenters. The molecule has 2 aliphatic heterocycles. The van der Waals surface area contributed by atoms with Gasteiger partial charge in [-0.2, -0.15) is 0 Å². The van der Waals surface area contributed by atoms with E-state index in [2.05, 4.69) is 20.1 Å². The van der Waals surface area contributed by atoms with Gasteiger partial charge >= 0.3 is 0 Å². The lowest BCUT2D eigenvalue weighted by Crippen LogP contribution is -2.51. The summed E-state index contributed by atoms with van der Waals surface area (Å²) in [7, 11) is 1.70. The van der Waals surface area contributed by atoms with Crippen molar-refractivity contribution in [3.05, 3.63) is 16.6 Å². The molecule has 1 N–H and O–H groups in total. The van der Waals surface area contributed by atoms with Gasteiger partial charge in [-0.1, -0.05) is 0 Å². The number of carbonyl (C=O) groups excluding carboxylic acids is 1. The van der Waals surface area contributed by atoms with Crippen LogP contribution in [0.1, 0.15) is 17.8 Å². The minimum absolute atomic E-state index is 0.0810. The summed E-state index contributed by atoms with van der Waals surface area (Å²) < 4.78 is 5.90. The Morgan fingerprint density at radius 3 is 3.09 bits per heavy atom. The highest BCUT2D eigenvalue weighted by Crippen LogP contribution is 2.33. The molecule has 7 heteroatoms. The first-order valence-electron chi connectivity index (χ1n) is 8.31. The third kappa shape index (κ3) is 4.50. The zero-order valence-electron chi connectivity index (χ0n) is 13.8. The van der Waals surface area contributed by atoms with Crippen LogP contribution in [0.4, 0.5) is 0 Å². The van der Waals surface area contributed by atoms with Crippen molar-refractivity contribution >= 4 is 17.2 Å². The highest BCUT2D eigenvalue weighted by molar-refractivity contribution is 7.09. The molecule has 1 amide bonds. The molecule has 6 nitrogen and oxygen atoms in total. The smallest absolute Gasteiger partial charge is 0.233 e. The van der Waals surface area contributed by atoms with Gasteiger partial charge in [-0.25, -0.2) is 4.98 Å². The van der Waals surface area contributed by atoms with Crippen LogP contribution >= 0.6 is 11.3 Å². The van der Waals surface area contributed by atoms with Gasteiger partial charge in [0.15, 0.2) is 0 Å². The van der Waals surface area contributed by atoms with E-state index in [1.165, 1.54) is 17.8 Å². The van der Waals surface area contributed by atoms with Gasteiger partial charge in [0, 0.05) is 43.7 Å². The topological polar surface area (TPSA) is 57.7 Å². The van der Waals surface area contributed by atoms with Gasteiger partial charge in [0.25, 0.3) is 0 Å². The molecule has 0 aromatic carbocycles. The Morgan fingerprint density at radius 2 is 2.30 bits per heavy atom. The fourth-order valence-electron chi connectivity index (χ4n) is 3.71. The normalized spacial score (nSPS) is 27.0. The molecular weight excluding hydrogens is 312 g/mol. The summed E-state index contributed by atoms with van der Waals surface area (Å²) in [5.74, 6) is 0.0810. The third-order valence-electron chi connectivity index (χ3n) is 4.75. The standard InChI is InChI=1S/C16H26N4O2S/c1-17-14(21)9-20-6-7-22-13-16(12-20)3-2-5-19(11-16)10-15-18-4-8-23-15/h4,8H,2-3,5-7,9-13H2,1H3,(H,17,21)/t16-/m0/s1. The minimum Gasteiger partial charge on any atom is -0.379 e. The van der Waals surface area contributed by atoms with Crippen molar-refractivity contribution in [2.75, 3.05) is 53.0 Å². The number of amides is 1. The molecule has 1 aromatic rings. The second-order valence-electron chi connectivity index (χ2n) is 6.68. The quantitative estimate of drug-likeness (QED) is 0.880. The average Bonchev–Trinajstić information content (AvgIpc) is 2.97. The summed E-state index contributed by atoms with van der Waals surface area (Å²) in [4.78, 5) is 20.9. The summed E-state index contributed by atoms with van der Waals surface area (Å²) in [6.45, 7) is 6.82. The van der Waals surface area contributed by atoms with E-state index < -0.39 is 0 Å². The number of piperidine rings is 1. The number of likely N-dealkylation sites (N-methyl/N-ethyl adjacent to an activating group) is 1. The van der Waals surface area contributed by atoms with E-state index in [0.29, 0.717) is 13.2 Å². The van der Waals surface area contributed by atoms with Gasteiger partial charge in [-0.05, 0) is 19.4 Å². The third-order valence-corrected chi connectivity index (χ3v) is 5.51. The first kappa shape index (κ1) is 16.8. The molecule has 2 saturated heterocycles. The second-order valence-corrected chi connectivity index (χ2v) is 7.66. The van der Waals surface area contributed by atoms with E-state index >= 15 is 0 Å². The van der Waals surface area contributed by atoms with E-state index in [9.17, 15) is 4.79 Å². The maximum atomic E-state index is 11.7. The Hall–Kier alpha value is -1.02. The van der Waals surface area contributed by atoms with Crippen molar-refractivity contribution < 1.29 is 9.53 Å². The van der Waals surface area contributed by atoms with E-state index in [4.69, 9.17) is 4.74 Å². The van der Waals surface area contributed by atoms with Gasteiger partial charge in [-0.3, -0.25) is 14.6 Å². The summed E-state index contributed by atoms with van der Waals surface area (Å²) >= 11 is 1.72. The molecule has 0 bridgehead atoms. The Balaban J connectivity index is 1.64. The molecule has 0 aliphatic carbocycles. The van der Waals surface area contributed by atoms with E-state index in [-0.39, 0.29) is 11.3 Å². The summed E-state index contributed by atoms with van der Waals surface area (Å²) in [5.41, 5.74) is 0.139. The van der Waals surface area contributed by atoms with Crippen molar-refractivity contribution in [2.45, 2.75) is 19.4 Å². The first-order valence-corrected chi connectivity index (χ1v) is 9.18. The largest absolute Gasteiger partial charge is 0.379 e. The Morgan fingerprint density at radius 1 is 1.43 bits per heavy atom. The van der Waals surface area contributed by atoms with E-state index in [0.717, 1.165) is 39.3 Å². The predicted molar refractivity (Wildman–Crippen MR) is 90.4 cm³/mol. The molecule has 23 heavy (non-hydrogen) atoms. The van der Waals surface area contributed by atoms with E-state index in [1.807, 2.05) is 11.6 Å². The van der Waals surface area contributed by atoms with Crippen molar-refractivity contribution in [2.24, 2.45) is 5.41 Å². The summed E-state index contributed by atoms with van der Waals surface area (Å²) in [6, 6.07) is 0. The maximum Gasteiger partial charge on any atom is 0.233 e. The van der Waals surface area contributed by atoms with Crippen molar-refractivity contribution in [1.82, 2.24) is 20.1 Å². The number of nitrogens with one attached hydrogen (secondary N) is 1. The Labute approximate surface area is 141 Å². The lowest BCUT2D eigenvalue weighted by molar-refractivity contribution is -0.122. The van der Waals surface area contributed by atoms with Crippen LogP contribution in [0.3, 0.4) is 0 Å². The van der Waals surface area contributed by atoms with Gasteiger partial charge in [0.2, 0.25) is 5.91 Å². The number of hydrogen-bond donors (Lipinski definition) is 1. The molecule has 1 spiro atoms. The number of thiazole rings is 1. The van der Waals surface area contributed by atoms with E-state index in [1.54, 1.807) is 18.4 Å². The van der Waals surface area contributed by atoms with Gasteiger partial charge in [-0.15, -0.1) is 11.3 Å². The number of aromatic nitrogens is 1. The SMILES string of the molecule is CNC(=O)CN1CCOC[C@]2(CCCN(Cc3nccs3)C2)C1. The molecule has 0 unspecified atom stereocenters. The number of nitrogens with zero attached hydrogens (tertiary/aromatic N) is 3. The highest BCUT2D eigenvalue weighted by Gasteiger charge is 2.39. The Kier molecular flexibility index (Phi) is 5.63. The second kappa shape index (κ2) is 7.70. The highest BCUT2D eigenvalue weighted by atomic mass is 32.1. The minimum atomic E-state index is 0.0810. The predicted octanol–water partition coefficient (Wildman–Crippen LogP) is 0.804. The molecule has 3 heterocycles. The zero-order valence-corrected chi connectivity index (χ0v) is 14.6. The zero-order chi connectivity index (χ0) is 16.1. The summed E-state index contributed by atoms with van der Waals surface area (Å²) in [6.07, 6.45) is 4.23. The van der Waals surface area contributed by atoms with Crippen LogP contribution in [0.5, 0.6) is 0 Å².